The smallest absolute Gasteiger partial charge is 0.285 e. The number of benzene rings is 2. The topological polar surface area (TPSA) is 124 Å². The number of azo groups is 1. The number of aromatic amines is 1. The van der Waals surface area contributed by atoms with Gasteiger partial charge in [-0.1, -0.05) is 15.9 Å². The number of aromatic hydroxyl groups is 1. The van der Waals surface area contributed by atoms with Crippen molar-refractivity contribution in [2.75, 3.05) is 23.7 Å². The number of aromatic nitrogens is 1. The van der Waals surface area contributed by atoms with Gasteiger partial charge in [0.2, 0.25) is 15.9 Å². The summed E-state index contributed by atoms with van der Waals surface area (Å²) in [5.41, 5.74) is 0.999. The summed E-state index contributed by atoms with van der Waals surface area (Å²) in [6.45, 7) is 1.78. The molecule has 3 aromatic rings. The van der Waals surface area contributed by atoms with E-state index in [-0.39, 0.29) is 11.6 Å². The first-order valence-electron chi connectivity index (χ1n) is 8.84. The van der Waals surface area contributed by atoms with Crippen molar-refractivity contribution in [3.05, 3.63) is 46.9 Å². The molecule has 1 heterocycles. The van der Waals surface area contributed by atoms with E-state index in [9.17, 15) is 18.3 Å². The molecule has 0 radical (unpaired) electrons. The molecule has 0 aliphatic carbocycles. The van der Waals surface area contributed by atoms with Crippen molar-refractivity contribution >= 4 is 54.1 Å². The van der Waals surface area contributed by atoms with Gasteiger partial charge in [-0.05, 0) is 49.4 Å². The molecule has 2 aromatic carbocycles. The molecular formula is C19H19BrN4O5S. The van der Waals surface area contributed by atoms with Crippen molar-refractivity contribution in [1.82, 2.24) is 4.98 Å². The van der Waals surface area contributed by atoms with Crippen LogP contribution < -0.4 is 9.04 Å². The second-order valence-electron chi connectivity index (χ2n) is 6.30. The van der Waals surface area contributed by atoms with Crippen LogP contribution in [-0.2, 0) is 14.8 Å². The summed E-state index contributed by atoms with van der Waals surface area (Å²) in [5, 5.41) is 18.0. The van der Waals surface area contributed by atoms with Crippen molar-refractivity contribution in [2.45, 2.75) is 6.92 Å². The van der Waals surface area contributed by atoms with E-state index in [1.54, 1.807) is 42.5 Å². The minimum atomic E-state index is -3.75. The molecule has 30 heavy (non-hydrogen) atoms. The molecule has 0 unspecified atom stereocenters. The number of carbonyl (C=O) groups excluding carboxylic acids is 1. The number of nitrogens with zero attached hydrogens (tertiary/aromatic N) is 3. The highest BCUT2D eigenvalue weighted by Gasteiger charge is 2.21. The summed E-state index contributed by atoms with van der Waals surface area (Å²) in [6, 6.07) is 11.5. The molecule has 2 N–H and O–H groups in total. The quantitative estimate of drug-likeness (QED) is 0.478. The number of amides is 1. The van der Waals surface area contributed by atoms with E-state index in [0.717, 1.165) is 15.0 Å². The first kappa shape index (κ1) is 21.8. The molecule has 0 atom stereocenters. The Balaban J connectivity index is 1.83. The number of halogens is 1. The molecule has 0 saturated carbocycles. The van der Waals surface area contributed by atoms with Gasteiger partial charge < -0.3 is 14.8 Å². The first-order chi connectivity index (χ1) is 14.2. The van der Waals surface area contributed by atoms with Gasteiger partial charge in [-0.25, -0.2) is 8.42 Å². The van der Waals surface area contributed by atoms with Gasteiger partial charge in [0.1, 0.15) is 12.3 Å². The summed E-state index contributed by atoms with van der Waals surface area (Å²) in [5.74, 6) is -0.453. The van der Waals surface area contributed by atoms with Crippen LogP contribution in [-0.4, -0.2) is 43.8 Å². The van der Waals surface area contributed by atoms with E-state index in [4.69, 9.17) is 4.74 Å². The number of rotatable bonds is 7. The third-order valence-electron chi connectivity index (χ3n) is 4.09. The average Bonchev–Trinajstić information content (AvgIpc) is 2.99. The predicted octanol–water partition coefficient (Wildman–Crippen LogP) is 4.11. The van der Waals surface area contributed by atoms with Gasteiger partial charge in [0.15, 0.2) is 5.69 Å². The minimum Gasteiger partial charge on any atom is -0.494 e. The van der Waals surface area contributed by atoms with Gasteiger partial charge in [-0.15, -0.1) is 10.2 Å². The monoisotopic (exact) mass is 494 g/mol. The molecule has 1 amide bonds. The molecule has 0 fully saturated rings. The largest absolute Gasteiger partial charge is 0.494 e. The molecule has 0 spiro atoms. The Hall–Kier alpha value is -2.92. The van der Waals surface area contributed by atoms with Gasteiger partial charge in [0.25, 0.3) is 5.91 Å². The maximum atomic E-state index is 12.4. The second kappa shape index (κ2) is 8.84. The van der Waals surface area contributed by atoms with E-state index in [1.165, 1.54) is 0 Å². The van der Waals surface area contributed by atoms with Crippen LogP contribution in [0.3, 0.4) is 0 Å². The lowest BCUT2D eigenvalue weighted by Gasteiger charge is -2.20. The third-order valence-corrected chi connectivity index (χ3v) is 5.72. The van der Waals surface area contributed by atoms with E-state index in [1.807, 2.05) is 6.92 Å². The van der Waals surface area contributed by atoms with Gasteiger partial charge in [-0.2, -0.15) is 0 Å². The summed E-state index contributed by atoms with van der Waals surface area (Å²) in [7, 11) is -3.75. The molecule has 0 aliphatic rings. The number of fused-ring (bicyclic) bond motifs is 1. The van der Waals surface area contributed by atoms with Gasteiger partial charge in [0.05, 0.1) is 24.1 Å². The van der Waals surface area contributed by atoms with Crippen LogP contribution in [0.15, 0.2) is 57.2 Å². The number of nitrogens with one attached hydrogen (secondary N) is 1. The van der Waals surface area contributed by atoms with Gasteiger partial charge in [-0.3, -0.25) is 9.10 Å². The zero-order chi connectivity index (χ0) is 21.9. The molecular weight excluding hydrogens is 476 g/mol. The fourth-order valence-corrected chi connectivity index (χ4v) is 3.98. The highest BCUT2D eigenvalue weighted by atomic mass is 79.9. The summed E-state index contributed by atoms with van der Waals surface area (Å²) in [6.07, 6.45) is 0.997. The summed E-state index contributed by atoms with van der Waals surface area (Å²) < 4.78 is 31.4. The predicted molar refractivity (Wildman–Crippen MR) is 117 cm³/mol. The van der Waals surface area contributed by atoms with E-state index in [0.29, 0.717) is 28.9 Å². The lowest BCUT2D eigenvalue weighted by atomic mass is 10.2. The number of ether oxygens (including phenoxy) is 1. The van der Waals surface area contributed by atoms with Crippen molar-refractivity contribution in [1.29, 1.82) is 0 Å². The fourth-order valence-electron chi connectivity index (χ4n) is 2.77. The van der Waals surface area contributed by atoms with E-state index >= 15 is 0 Å². The van der Waals surface area contributed by atoms with Crippen LogP contribution in [0.2, 0.25) is 0 Å². The van der Waals surface area contributed by atoms with Crippen LogP contribution in [0.1, 0.15) is 6.92 Å². The van der Waals surface area contributed by atoms with Crippen LogP contribution in [0.25, 0.3) is 10.9 Å². The Labute approximate surface area is 181 Å². The normalized spacial score (nSPS) is 11.8. The Bertz CT molecular complexity index is 1210. The second-order valence-corrected chi connectivity index (χ2v) is 9.12. The number of sulfonamides is 1. The maximum absolute atomic E-state index is 12.4. The Morgan fingerprint density at radius 1 is 1.23 bits per heavy atom. The highest BCUT2D eigenvalue weighted by Crippen LogP contribution is 2.36. The van der Waals surface area contributed by atoms with E-state index in [2.05, 4.69) is 31.1 Å². The van der Waals surface area contributed by atoms with Crippen LogP contribution in [0.5, 0.6) is 11.6 Å². The van der Waals surface area contributed by atoms with Gasteiger partial charge in [0, 0.05) is 9.86 Å². The third kappa shape index (κ3) is 4.97. The molecule has 9 nitrogen and oxygen atoms in total. The van der Waals surface area contributed by atoms with Crippen LogP contribution in [0.4, 0.5) is 11.4 Å². The Morgan fingerprint density at radius 2 is 1.93 bits per heavy atom. The SMILES string of the molecule is CCOc1ccc(N(CC(=O)N=Nc2c(O)[nH]c3ccc(Br)cc23)S(C)(=O)=O)cc1. The number of hydrogen-bond donors (Lipinski definition) is 2. The number of anilines is 1. The molecule has 158 valence electrons. The zero-order valence-corrected chi connectivity index (χ0v) is 18.6. The number of H-pyrrole nitrogens is 1. The maximum Gasteiger partial charge on any atom is 0.285 e. The average molecular weight is 495 g/mol. The van der Waals surface area contributed by atoms with Crippen molar-refractivity contribution in [2.24, 2.45) is 10.2 Å². The summed E-state index contributed by atoms with van der Waals surface area (Å²) >= 11 is 3.33. The van der Waals surface area contributed by atoms with Crippen molar-refractivity contribution in [3.8, 4) is 11.6 Å². The van der Waals surface area contributed by atoms with Crippen molar-refractivity contribution < 1.29 is 23.1 Å². The first-order valence-corrected chi connectivity index (χ1v) is 11.5. The molecule has 1 aromatic heterocycles. The number of carbonyl (C=O) groups is 1. The lowest BCUT2D eigenvalue weighted by Crippen LogP contribution is -2.34. The van der Waals surface area contributed by atoms with Crippen molar-refractivity contribution in [3.63, 3.8) is 0 Å². The fraction of sp³-hybridized carbons (Fsp3) is 0.211. The van der Waals surface area contributed by atoms with Crippen LogP contribution >= 0.6 is 15.9 Å². The highest BCUT2D eigenvalue weighted by molar-refractivity contribution is 9.10. The molecule has 0 aliphatic heterocycles. The molecule has 0 bridgehead atoms. The summed E-state index contributed by atoms with van der Waals surface area (Å²) in [4.78, 5) is 15.1. The van der Waals surface area contributed by atoms with E-state index < -0.39 is 22.5 Å². The molecule has 0 saturated heterocycles. The number of hydrogen-bond acceptors (Lipinski definition) is 6. The molecule has 11 heteroatoms. The zero-order valence-electron chi connectivity index (χ0n) is 16.2. The van der Waals surface area contributed by atoms with Gasteiger partial charge >= 0.3 is 0 Å². The van der Waals surface area contributed by atoms with Crippen LogP contribution in [0, 0.1) is 0 Å². The Kier molecular flexibility index (Phi) is 6.42. The minimum absolute atomic E-state index is 0.0895. The molecule has 3 rings (SSSR count). The lowest BCUT2D eigenvalue weighted by molar-refractivity contribution is -0.116. The standard InChI is InChI=1S/C19H19BrN4O5S/c1-3-29-14-7-5-13(6-8-14)24(30(2,27)28)11-17(25)22-23-18-15-10-12(20)4-9-16(15)21-19(18)26/h4-10,21,26H,3,11H2,1-2H3. The Morgan fingerprint density at radius 3 is 2.57 bits per heavy atom.